The third kappa shape index (κ3) is 3.73. The molecule has 0 radical (unpaired) electrons. The monoisotopic (exact) mass is 262 g/mol. The number of nitrogens with zero attached hydrogens (tertiary/aromatic N) is 1. The average molecular weight is 263 g/mol. The van der Waals surface area contributed by atoms with Crippen LogP contribution in [0.4, 0.5) is 0 Å². The summed E-state index contributed by atoms with van der Waals surface area (Å²) in [5.41, 5.74) is 0.139. The molecule has 0 spiro atoms. The summed E-state index contributed by atoms with van der Waals surface area (Å²) >= 11 is 5.57. The van der Waals surface area contributed by atoms with E-state index in [-0.39, 0.29) is 10.8 Å². The molecule has 90 valence electrons. The van der Waals surface area contributed by atoms with Crippen LogP contribution in [0, 0.1) is 0 Å². The highest BCUT2D eigenvalue weighted by molar-refractivity contribution is 7.89. The van der Waals surface area contributed by atoms with Gasteiger partial charge in [0.1, 0.15) is 4.90 Å². The van der Waals surface area contributed by atoms with E-state index in [2.05, 4.69) is 9.71 Å². The number of aromatic nitrogens is 1. The molecule has 0 amide bonds. The highest BCUT2D eigenvalue weighted by Crippen LogP contribution is 2.12. The van der Waals surface area contributed by atoms with E-state index < -0.39 is 15.6 Å². The van der Waals surface area contributed by atoms with Crippen LogP contribution in [-0.2, 0) is 15.9 Å². The first-order valence-corrected chi connectivity index (χ1v) is 6.81. The summed E-state index contributed by atoms with van der Waals surface area (Å²) in [5.74, 6) is 0.271. The van der Waals surface area contributed by atoms with E-state index >= 15 is 0 Å². The number of nitrogens with one attached hydrogen (secondary N) is 1. The molecule has 1 heterocycles. The van der Waals surface area contributed by atoms with Crippen molar-refractivity contribution in [3.05, 3.63) is 24.0 Å². The largest absolute Gasteiger partial charge is 0.259 e. The SMILES string of the molecule is CC(C)(C)NS(=O)(=O)c1ccc(CCl)nc1. The molecule has 0 aliphatic heterocycles. The summed E-state index contributed by atoms with van der Waals surface area (Å²) in [6.07, 6.45) is 1.31. The van der Waals surface area contributed by atoms with Gasteiger partial charge < -0.3 is 0 Å². The highest BCUT2D eigenvalue weighted by Gasteiger charge is 2.21. The van der Waals surface area contributed by atoms with Crippen LogP contribution < -0.4 is 4.72 Å². The molecule has 1 aromatic heterocycles. The standard InChI is InChI=1S/C10H15ClN2O2S/c1-10(2,3)13-16(14,15)9-5-4-8(6-11)12-7-9/h4-5,7,13H,6H2,1-3H3. The fraction of sp³-hybridized carbons (Fsp3) is 0.500. The summed E-state index contributed by atoms with van der Waals surface area (Å²) in [6, 6.07) is 3.10. The van der Waals surface area contributed by atoms with Crippen molar-refractivity contribution in [2.75, 3.05) is 0 Å². The maximum atomic E-state index is 11.9. The minimum absolute atomic E-state index is 0.149. The van der Waals surface area contributed by atoms with Crippen molar-refractivity contribution in [3.8, 4) is 0 Å². The van der Waals surface area contributed by atoms with Gasteiger partial charge in [0.05, 0.1) is 11.6 Å². The van der Waals surface area contributed by atoms with Gasteiger partial charge in [0.25, 0.3) is 0 Å². The van der Waals surface area contributed by atoms with Crippen LogP contribution >= 0.6 is 11.6 Å². The van der Waals surface area contributed by atoms with Crippen LogP contribution in [0.15, 0.2) is 23.2 Å². The molecule has 1 N–H and O–H groups in total. The molecule has 4 nitrogen and oxygen atoms in total. The van der Waals surface area contributed by atoms with Crippen molar-refractivity contribution in [2.45, 2.75) is 37.1 Å². The second-order valence-corrected chi connectivity index (χ2v) is 6.42. The van der Waals surface area contributed by atoms with E-state index in [1.807, 2.05) is 0 Å². The van der Waals surface area contributed by atoms with Crippen molar-refractivity contribution in [1.29, 1.82) is 0 Å². The molecule has 0 fully saturated rings. The fourth-order valence-corrected chi connectivity index (χ4v) is 2.63. The van der Waals surface area contributed by atoms with Gasteiger partial charge in [-0.15, -0.1) is 11.6 Å². The highest BCUT2D eigenvalue weighted by atomic mass is 35.5. The first kappa shape index (κ1) is 13.4. The van der Waals surface area contributed by atoms with E-state index in [9.17, 15) is 8.42 Å². The molecule has 0 aliphatic carbocycles. The Kier molecular flexibility index (Phi) is 3.93. The van der Waals surface area contributed by atoms with Gasteiger partial charge in [-0.05, 0) is 32.9 Å². The minimum Gasteiger partial charge on any atom is -0.259 e. The quantitative estimate of drug-likeness (QED) is 0.847. The van der Waals surface area contributed by atoms with Crippen molar-refractivity contribution < 1.29 is 8.42 Å². The number of pyridine rings is 1. The molecule has 0 unspecified atom stereocenters. The van der Waals surface area contributed by atoms with E-state index in [0.717, 1.165) is 0 Å². The summed E-state index contributed by atoms with van der Waals surface area (Å²) in [6.45, 7) is 5.35. The van der Waals surface area contributed by atoms with Gasteiger partial charge in [-0.25, -0.2) is 13.1 Å². The van der Waals surface area contributed by atoms with Crippen LogP contribution in [0.1, 0.15) is 26.5 Å². The number of hydrogen-bond donors (Lipinski definition) is 1. The Balaban J connectivity index is 2.99. The summed E-state index contributed by atoms with van der Waals surface area (Å²) in [4.78, 5) is 4.09. The van der Waals surface area contributed by atoms with E-state index in [0.29, 0.717) is 5.69 Å². The maximum absolute atomic E-state index is 11.9. The molecule has 0 saturated heterocycles. The normalized spacial score (nSPS) is 12.8. The molecule has 0 aliphatic rings. The van der Waals surface area contributed by atoms with Crippen molar-refractivity contribution in [3.63, 3.8) is 0 Å². The number of hydrogen-bond acceptors (Lipinski definition) is 3. The van der Waals surface area contributed by atoms with Gasteiger partial charge in [0.15, 0.2) is 0 Å². The predicted molar refractivity (Wildman–Crippen MR) is 63.9 cm³/mol. The molecular weight excluding hydrogens is 248 g/mol. The van der Waals surface area contributed by atoms with Crippen LogP contribution in [0.25, 0.3) is 0 Å². The Hall–Kier alpha value is -0.650. The molecule has 0 bridgehead atoms. The first-order chi connectivity index (χ1) is 7.24. The van der Waals surface area contributed by atoms with Crippen LogP contribution in [0.2, 0.25) is 0 Å². The van der Waals surface area contributed by atoms with Gasteiger partial charge in [-0.3, -0.25) is 4.98 Å². The summed E-state index contributed by atoms with van der Waals surface area (Å²) in [7, 11) is -3.50. The Labute approximate surface area is 101 Å². The predicted octanol–water partition coefficient (Wildman–Crippen LogP) is 1.90. The van der Waals surface area contributed by atoms with Gasteiger partial charge in [-0.1, -0.05) is 0 Å². The van der Waals surface area contributed by atoms with Crippen molar-refractivity contribution >= 4 is 21.6 Å². The number of sulfonamides is 1. The lowest BCUT2D eigenvalue weighted by Crippen LogP contribution is -2.40. The third-order valence-electron chi connectivity index (χ3n) is 1.69. The topological polar surface area (TPSA) is 59.1 Å². The number of alkyl halides is 1. The average Bonchev–Trinajstić information content (AvgIpc) is 2.14. The smallest absolute Gasteiger partial charge is 0.242 e. The second kappa shape index (κ2) is 4.69. The van der Waals surface area contributed by atoms with Crippen molar-refractivity contribution in [1.82, 2.24) is 9.71 Å². The molecule has 16 heavy (non-hydrogen) atoms. The van der Waals surface area contributed by atoms with Gasteiger partial charge >= 0.3 is 0 Å². The Bertz CT molecular complexity index is 449. The van der Waals surface area contributed by atoms with E-state index in [1.54, 1.807) is 26.8 Å². The van der Waals surface area contributed by atoms with Gasteiger partial charge in [-0.2, -0.15) is 0 Å². The zero-order valence-corrected chi connectivity index (χ0v) is 11.1. The van der Waals surface area contributed by atoms with Crippen molar-refractivity contribution in [2.24, 2.45) is 0 Å². The maximum Gasteiger partial charge on any atom is 0.242 e. The lowest BCUT2D eigenvalue weighted by molar-refractivity contribution is 0.491. The minimum atomic E-state index is -3.50. The third-order valence-corrected chi connectivity index (χ3v) is 3.70. The molecule has 1 rings (SSSR count). The second-order valence-electron chi connectivity index (χ2n) is 4.47. The molecule has 0 saturated carbocycles. The first-order valence-electron chi connectivity index (χ1n) is 4.79. The van der Waals surface area contributed by atoms with E-state index in [1.165, 1.54) is 12.3 Å². The van der Waals surface area contributed by atoms with E-state index in [4.69, 9.17) is 11.6 Å². The number of halogens is 1. The summed E-state index contributed by atoms with van der Waals surface area (Å²) in [5, 5.41) is 0. The zero-order chi connectivity index (χ0) is 12.4. The molecule has 0 atom stereocenters. The van der Waals surface area contributed by atoms with Crippen LogP contribution in [0.5, 0.6) is 0 Å². The Morgan fingerprint density at radius 2 is 2.00 bits per heavy atom. The van der Waals surface area contributed by atoms with Crippen LogP contribution in [-0.4, -0.2) is 18.9 Å². The molecular formula is C10H15ClN2O2S. The number of rotatable bonds is 3. The Morgan fingerprint density at radius 3 is 2.38 bits per heavy atom. The van der Waals surface area contributed by atoms with Gasteiger partial charge in [0, 0.05) is 11.7 Å². The molecule has 1 aromatic rings. The lowest BCUT2D eigenvalue weighted by Gasteiger charge is -2.20. The zero-order valence-electron chi connectivity index (χ0n) is 9.49. The summed E-state index contributed by atoms with van der Waals surface area (Å²) < 4.78 is 26.3. The lowest BCUT2D eigenvalue weighted by atomic mass is 10.1. The molecule has 6 heteroatoms. The fourth-order valence-electron chi connectivity index (χ4n) is 1.11. The van der Waals surface area contributed by atoms with Crippen LogP contribution in [0.3, 0.4) is 0 Å². The Morgan fingerprint density at radius 1 is 1.38 bits per heavy atom. The molecule has 0 aromatic carbocycles. The van der Waals surface area contributed by atoms with Gasteiger partial charge in [0.2, 0.25) is 10.0 Å².